The number of nitrogens with zero attached hydrogens (tertiary/aromatic N) is 1. The monoisotopic (exact) mass is 308 g/mol. The third kappa shape index (κ3) is 2.93. The van der Waals surface area contributed by atoms with E-state index in [0.29, 0.717) is 30.7 Å². The van der Waals surface area contributed by atoms with Crippen molar-refractivity contribution >= 4 is 21.6 Å². The Morgan fingerprint density at radius 3 is 2.41 bits per heavy atom. The van der Waals surface area contributed by atoms with Crippen molar-refractivity contribution in [3.63, 3.8) is 0 Å². The van der Waals surface area contributed by atoms with Gasteiger partial charge >= 0.3 is 6.18 Å². The Kier molecular flexibility index (Phi) is 3.63. The predicted molar refractivity (Wildman–Crippen MR) is 64.2 cm³/mol. The fourth-order valence-electron chi connectivity index (χ4n) is 1.92. The summed E-state index contributed by atoms with van der Waals surface area (Å²) < 4.78 is 39.2. The van der Waals surface area contributed by atoms with Gasteiger partial charge in [-0.1, -0.05) is 15.9 Å². The molecule has 1 aliphatic heterocycles. The SMILES string of the molecule is FC(F)(F)c1cc(Br)ccc1N1CCNCC1. The summed E-state index contributed by atoms with van der Waals surface area (Å²) in [5, 5.41) is 3.12. The number of alkyl halides is 3. The first-order valence-corrected chi connectivity index (χ1v) is 6.10. The maximum atomic E-state index is 12.9. The zero-order valence-corrected chi connectivity index (χ0v) is 10.6. The average Bonchev–Trinajstić information content (AvgIpc) is 2.29. The fourth-order valence-corrected chi connectivity index (χ4v) is 2.28. The first kappa shape index (κ1) is 12.7. The lowest BCUT2D eigenvalue weighted by Gasteiger charge is -2.31. The Labute approximate surface area is 106 Å². The van der Waals surface area contributed by atoms with Crippen molar-refractivity contribution in [3.05, 3.63) is 28.2 Å². The molecule has 0 unspecified atom stereocenters. The maximum absolute atomic E-state index is 12.9. The van der Waals surface area contributed by atoms with E-state index in [1.165, 1.54) is 6.07 Å². The van der Waals surface area contributed by atoms with Crippen molar-refractivity contribution in [2.75, 3.05) is 31.1 Å². The molecule has 6 heteroatoms. The molecule has 17 heavy (non-hydrogen) atoms. The van der Waals surface area contributed by atoms with E-state index in [0.717, 1.165) is 6.07 Å². The molecule has 0 aliphatic carbocycles. The normalized spacial score (nSPS) is 17.3. The second-order valence-corrected chi connectivity index (χ2v) is 4.81. The number of hydrogen-bond acceptors (Lipinski definition) is 2. The van der Waals surface area contributed by atoms with E-state index in [2.05, 4.69) is 21.2 Å². The largest absolute Gasteiger partial charge is 0.418 e. The minimum Gasteiger partial charge on any atom is -0.368 e. The van der Waals surface area contributed by atoms with Gasteiger partial charge in [-0.2, -0.15) is 13.2 Å². The Bertz CT molecular complexity index is 400. The second-order valence-electron chi connectivity index (χ2n) is 3.90. The summed E-state index contributed by atoms with van der Waals surface area (Å²) in [5.41, 5.74) is -0.309. The highest BCUT2D eigenvalue weighted by molar-refractivity contribution is 9.10. The van der Waals surface area contributed by atoms with Crippen molar-refractivity contribution in [3.8, 4) is 0 Å². The third-order valence-corrected chi connectivity index (χ3v) is 3.21. The van der Waals surface area contributed by atoms with Crippen molar-refractivity contribution < 1.29 is 13.2 Å². The number of rotatable bonds is 1. The summed E-state index contributed by atoms with van der Waals surface area (Å²) in [6, 6.07) is 4.31. The van der Waals surface area contributed by atoms with Crippen LogP contribution in [0.1, 0.15) is 5.56 Å². The number of anilines is 1. The quantitative estimate of drug-likeness (QED) is 0.858. The molecule has 0 saturated carbocycles. The summed E-state index contributed by atoms with van der Waals surface area (Å²) in [5.74, 6) is 0. The molecule has 0 bridgehead atoms. The third-order valence-electron chi connectivity index (χ3n) is 2.72. The van der Waals surface area contributed by atoms with Crippen molar-refractivity contribution in [1.29, 1.82) is 0 Å². The molecule has 2 nitrogen and oxygen atoms in total. The number of benzene rings is 1. The lowest BCUT2D eigenvalue weighted by Crippen LogP contribution is -2.44. The molecule has 0 aromatic heterocycles. The van der Waals surface area contributed by atoms with Crippen LogP contribution >= 0.6 is 15.9 Å². The molecule has 0 radical (unpaired) electrons. The topological polar surface area (TPSA) is 15.3 Å². The average molecular weight is 309 g/mol. The fraction of sp³-hybridized carbons (Fsp3) is 0.455. The first-order valence-electron chi connectivity index (χ1n) is 5.31. The molecule has 1 heterocycles. The van der Waals surface area contributed by atoms with Crippen LogP contribution in [0.25, 0.3) is 0 Å². The molecule has 1 aromatic carbocycles. The van der Waals surface area contributed by atoms with E-state index in [4.69, 9.17) is 0 Å². The summed E-state index contributed by atoms with van der Waals surface area (Å²) in [6.45, 7) is 2.64. The number of piperazine rings is 1. The number of halogens is 4. The molecule has 2 rings (SSSR count). The van der Waals surface area contributed by atoms with Crippen molar-refractivity contribution in [2.24, 2.45) is 0 Å². The first-order chi connectivity index (χ1) is 7.98. The molecule has 1 N–H and O–H groups in total. The minimum absolute atomic E-state index is 0.266. The van der Waals surface area contributed by atoms with Gasteiger partial charge in [0.25, 0.3) is 0 Å². The Balaban J connectivity index is 2.38. The zero-order chi connectivity index (χ0) is 12.5. The highest BCUT2D eigenvalue weighted by atomic mass is 79.9. The van der Waals surface area contributed by atoms with Crippen molar-refractivity contribution in [2.45, 2.75) is 6.18 Å². The standard InChI is InChI=1S/C11H12BrF3N2/c12-8-1-2-10(9(7-8)11(13,14)15)17-5-3-16-4-6-17/h1-2,7,16H,3-6H2. The van der Waals surface area contributed by atoms with Gasteiger partial charge in [-0.15, -0.1) is 0 Å². The van der Waals surface area contributed by atoms with E-state index in [9.17, 15) is 13.2 Å². The van der Waals surface area contributed by atoms with Crippen LogP contribution in [0.4, 0.5) is 18.9 Å². The van der Waals surface area contributed by atoms with Crippen LogP contribution in [0, 0.1) is 0 Å². The van der Waals surface area contributed by atoms with Gasteiger partial charge in [0, 0.05) is 36.3 Å². The van der Waals surface area contributed by atoms with E-state index < -0.39 is 11.7 Å². The summed E-state index contributed by atoms with van der Waals surface area (Å²) in [6.07, 6.45) is -4.32. The molecule has 1 saturated heterocycles. The maximum Gasteiger partial charge on any atom is 0.418 e. The van der Waals surface area contributed by atoms with E-state index in [1.807, 2.05) is 0 Å². The smallest absolute Gasteiger partial charge is 0.368 e. The lowest BCUT2D eigenvalue weighted by atomic mass is 10.1. The van der Waals surface area contributed by atoms with Gasteiger partial charge in [-0.3, -0.25) is 0 Å². The van der Waals surface area contributed by atoms with Crippen LogP contribution in [0.3, 0.4) is 0 Å². The van der Waals surface area contributed by atoms with Crippen LogP contribution in [0.2, 0.25) is 0 Å². The molecular formula is C11H12BrF3N2. The Morgan fingerprint density at radius 1 is 1.18 bits per heavy atom. The van der Waals surface area contributed by atoms with Crippen molar-refractivity contribution in [1.82, 2.24) is 5.32 Å². The van der Waals surface area contributed by atoms with Gasteiger partial charge in [0.1, 0.15) is 0 Å². The van der Waals surface area contributed by atoms with E-state index in [1.54, 1.807) is 11.0 Å². The van der Waals surface area contributed by atoms with E-state index in [-0.39, 0.29) is 5.69 Å². The summed E-state index contributed by atoms with van der Waals surface area (Å²) in [4.78, 5) is 1.77. The van der Waals surface area contributed by atoms with Crippen LogP contribution in [0.15, 0.2) is 22.7 Å². The van der Waals surface area contributed by atoms with Gasteiger partial charge < -0.3 is 10.2 Å². The Hall–Kier alpha value is -0.750. The second kappa shape index (κ2) is 4.86. The molecule has 0 amide bonds. The van der Waals surface area contributed by atoms with Crippen LogP contribution in [0.5, 0.6) is 0 Å². The van der Waals surface area contributed by atoms with Crippen LogP contribution in [-0.4, -0.2) is 26.2 Å². The molecule has 1 fully saturated rings. The molecule has 1 aliphatic rings. The molecule has 1 aromatic rings. The van der Waals surface area contributed by atoms with Crippen LogP contribution in [-0.2, 0) is 6.18 Å². The predicted octanol–water partition coefficient (Wildman–Crippen LogP) is 2.88. The highest BCUT2D eigenvalue weighted by Crippen LogP contribution is 2.38. The van der Waals surface area contributed by atoms with Gasteiger partial charge in [0.15, 0.2) is 0 Å². The number of nitrogens with one attached hydrogen (secondary N) is 1. The lowest BCUT2D eigenvalue weighted by molar-refractivity contribution is -0.137. The molecular weight excluding hydrogens is 297 g/mol. The number of hydrogen-bond donors (Lipinski definition) is 1. The van der Waals surface area contributed by atoms with Gasteiger partial charge in [-0.05, 0) is 18.2 Å². The van der Waals surface area contributed by atoms with Gasteiger partial charge in [0.2, 0.25) is 0 Å². The minimum atomic E-state index is -4.32. The van der Waals surface area contributed by atoms with E-state index >= 15 is 0 Å². The van der Waals surface area contributed by atoms with Gasteiger partial charge in [0.05, 0.1) is 5.56 Å². The summed E-state index contributed by atoms with van der Waals surface area (Å²) in [7, 11) is 0. The summed E-state index contributed by atoms with van der Waals surface area (Å²) >= 11 is 3.08. The highest BCUT2D eigenvalue weighted by Gasteiger charge is 2.35. The molecule has 0 atom stereocenters. The Morgan fingerprint density at radius 2 is 1.82 bits per heavy atom. The van der Waals surface area contributed by atoms with Gasteiger partial charge in [-0.25, -0.2) is 0 Å². The molecule has 94 valence electrons. The molecule has 0 spiro atoms. The zero-order valence-electron chi connectivity index (χ0n) is 9.02. The van der Waals surface area contributed by atoms with Crippen LogP contribution < -0.4 is 10.2 Å².